The molecule has 2 bridgehead atoms. The van der Waals surface area contributed by atoms with E-state index in [1.54, 1.807) is 12.1 Å². The van der Waals surface area contributed by atoms with E-state index >= 15 is 0 Å². The predicted octanol–water partition coefficient (Wildman–Crippen LogP) is 4.51. The zero-order valence-electron chi connectivity index (χ0n) is 16.2. The first-order valence-corrected chi connectivity index (χ1v) is 11.6. The lowest BCUT2D eigenvalue weighted by Gasteiger charge is -2.23. The maximum Gasteiger partial charge on any atom is 0.207 e. The van der Waals surface area contributed by atoms with Crippen LogP contribution < -0.4 is 5.32 Å². The number of hydrogen-bond acceptors (Lipinski definition) is 3. The Hall–Kier alpha value is -2.63. The summed E-state index contributed by atoms with van der Waals surface area (Å²) in [5.41, 5.74) is 3.76. The number of aryl methyl sites for hydroxylation is 1. The van der Waals surface area contributed by atoms with E-state index < -0.39 is 9.84 Å². The molecule has 3 heterocycles. The molecule has 2 atom stereocenters. The Morgan fingerprint density at radius 2 is 1.79 bits per heavy atom. The van der Waals surface area contributed by atoms with Gasteiger partial charge in [0.2, 0.25) is 9.84 Å². The standard InChI is InChI=1S/C24H22N2O2S/c1-26-21-12-10-17(14-19(21)24-20-11-9-16(25-20)13-22(24)26)29(27,28)23-8-4-6-15-5-2-3-7-18(15)23/h2-8,10,12,14,16,20,25H,9,11,13H2,1H3. The first-order valence-electron chi connectivity index (χ1n) is 10.1. The van der Waals surface area contributed by atoms with Gasteiger partial charge in [-0.3, -0.25) is 0 Å². The number of nitrogens with one attached hydrogen (secondary N) is 1. The van der Waals surface area contributed by atoms with E-state index in [2.05, 4.69) is 16.9 Å². The van der Waals surface area contributed by atoms with Crippen molar-refractivity contribution >= 4 is 31.5 Å². The summed E-state index contributed by atoms with van der Waals surface area (Å²) in [4.78, 5) is 0.744. The molecule has 0 amide bonds. The van der Waals surface area contributed by atoms with Gasteiger partial charge < -0.3 is 9.88 Å². The first-order chi connectivity index (χ1) is 14.0. The SMILES string of the molecule is Cn1c2c(c3cc(S(=O)(=O)c4cccc5ccccc45)ccc31)C1CCC(C2)N1. The van der Waals surface area contributed by atoms with Crippen molar-refractivity contribution in [2.45, 2.75) is 41.1 Å². The van der Waals surface area contributed by atoms with Crippen LogP contribution in [0.2, 0.25) is 0 Å². The van der Waals surface area contributed by atoms with Crippen molar-refractivity contribution < 1.29 is 8.42 Å². The molecule has 29 heavy (non-hydrogen) atoms. The molecule has 2 unspecified atom stereocenters. The number of sulfone groups is 1. The number of hydrogen-bond donors (Lipinski definition) is 1. The fourth-order valence-corrected chi connectivity index (χ4v) is 6.81. The zero-order chi connectivity index (χ0) is 19.8. The number of aromatic nitrogens is 1. The van der Waals surface area contributed by atoms with Crippen LogP contribution in [0.1, 0.15) is 30.1 Å². The van der Waals surface area contributed by atoms with Crippen molar-refractivity contribution in [3.8, 4) is 0 Å². The predicted molar refractivity (Wildman–Crippen MR) is 115 cm³/mol. The maximum atomic E-state index is 13.6. The minimum Gasteiger partial charge on any atom is -0.347 e. The Morgan fingerprint density at radius 3 is 2.69 bits per heavy atom. The van der Waals surface area contributed by atoms with Crippen LogP contribution in [-0.2, 0) is 23.3 Å². The number of nitrogens with zero attached hydrogens (tertiary/aromatic N) is 1. The zero-order valence-corrected chi connectivity index (χ0v) is 17.0. The summed E-state index contributed by atoms with van der Waals surface area (Å²) in [6.07, 6.45) is 3.33. The number of benzene rings is 3. The molecule has 1 saturated heterocycles. The van der Waals surface area contributed by atoms with Crippen molar-refractivity contribution in [2.75, 3.05) is 0 Å². The van der Waals surface area contributed by atoms with Gasteiger partial charge in [0.1, 0.15) is 0 Å². The van der Waals surface area contributed by atoms with Gasteiger partial charge in [-0.15, -0.1) is 0 Å². The van der Waals surface area contributed by atoms with Crippen LogP contribution in [0.5, 0.6) is 0 Å². The van der Waals surface area contributed by atoms with Crippen molar-refractivity contribution in [3.05, 3.63) is 71.9 Å². The Bertz CT molecular complexity index is 1400. The summed E-state index contributed by atoms with van der Waals surface area (Å²) in [6, 6.07) is 19.7. The minimum absolute atomic E-state index is 0.336. The van der Waals surface area contributed by atoms with Crippen LogP contribution in [0, 0.1) is 0 Å². The van der Waals surface area contributed by atoms with E-state index in [0.29, 0.717) is 21.9 Å². The lowest BCUT2D eigenvalue weighted by Crippen LogP contribution is -2.32. The molecular formula is C24H22N2O2S. The van der Waals surface area contributed by atoms with Gasteiger partial charge in [0.25, 0.3) is 0 Å². The van der Waals surface area contributed by atoms with Crippen LogP contribution >= 0.6 is 0 Å². The van der Waals surface area contributed by atoms with Gasteiger partial charge in [0, 0.05) is 47.5 Å². The van der Waals surface area contributed by atoms with Gasteiger partial charge in [0.05, 0.1) is 9.79 Å². The lowest BCUT2D eigenvalue weighted by molar-refractivity contribution is 0.503. The Labute approximate surface area is 170 Å². The number of fused-ring (bicyclic) bond motifs is 7. The van der Waals surface area contributed by atoms with Crippen LogP contribution in [0.4, 0.5) is 0 Å². The molecular weight excluding hydrogens is 380 g/mol. The van der Waals surface area contributed by atoms with Crippen LogP contribution in [0.15, 0.2) is 70.5 Å². The normalized spacial score (nSPS) is 21.0. The lowest BCUT2D eigenvalue weighted by atomic mass is 9.99. The highest BCUT2D eigenvalue weighted by atomic mass is 32.2. The molecule has 2 aliphatic heterocycles. The molecule has 1 fully saturated rings. The molecule has 1 N–H and O–H groups in total. The second kappa shape index (κ2) is 5.94. The molecule has 6 rings (SSSR count). The highest BCUT2D eigenvalue weighted by molar-refractivity contribution is 7.91. The molecule has 0 radical (unpaired) electrons. The maximum absolute atomic E-state index is 13.6. The highest BCUT2D eigenvalue weighted by Crippen LogP contribution is 2.42. The van der Waals surface area contributed by atoms with E-state index in [-0.39, 0.29) is 0 Å². The Kier molecular flexibility index (Phi) is 3.53. The smallest absolute Gasteiger partial charge is 0.207 e. The van der Waals surface area contributed by atoms with Gasteiger partial charge in [-0.05, 0) is 48.1 Å². The molecule has 5 heteroatoms. The van der Waals surface area contributed by atoms with E-state index in [9.17, 15) is 8.42 Å². The molecule has 2 aliphatic rings. The van der Waals surface area contributed by atoms with E-state index in [1.165, 1.54) is 17.7 Å². The monoisotopic (exact) mass is 402 g/mol. The third-order valence-corrected chi connectivity index (χ3v) is 8.52. The summed E-state index contributed by atoms with van der Waals surface area (Å²) in [6.45, 7) is 0. The fourth-order valence-electron chi connectivity index (χ4n) is 5.31. The van der Waals surface area contributed by atoms with Gasteiger partial charge in [0.15, 0.2) is 0 Å². The minimum atomic E-state index is -3.62. The van der Waals surface area contributed by atoms with Crippen LogP contribution in [0.25, 0.3) is 21.7 Å². The van der Waals surface area contributed by atoms with Crippen LogP contribution in [-0.4, -0.2) is 19.0 Å². The fraction of sp³-hybridized carbons (Fsp3) is 0.250. The van der Waals surface area contributed by atoms with E-state index in [4.69, 9.17) is 0 Å². The third kappa shape index (κ3) is 2.38. The molecule has 146 valence electrons. The van der Waals surface area contributed by atoms with Gasteiger partial charge >= 0.3 is 0 Å². The van der Waals surface area contributed by atoms with Crippen LogP contribution in [0.3, 0.4) is 0 Å². The van der Waals surface area contributed by atoms with Gasteiger partial charge in [-0.2, -0.15) is 0 Å². The largest absolute Gasteiger partial charge is 0.347 e. The van der Waals surface area contributed by atoms with E-state index in [0.717, 1.165) is 34.5 Å². The molecule has 3 aromatic carbocycles. The summed E-state index contributed by atoms with van der Waals surface area (Å²) in [5.74, 6) is 0. The molecule has 1 aromatic heterocycles. The molecule has 0 spiro atoms. The Morgan fingerprint density at radius 1 is 0.966 bits per heavy atom. The molecule has 4 nitrogen and oxygen atoms in total. The first kappa shape index (κ1) is 17.2. The molecule has 4 aromatic rings. The second-order valence-corrected chi connectivity index (χ2v) is 10.2. The molecule has 0 aliphatic carbocycles. The third-order valence-electron chi connectivity index (χ3n) is 6.71. The number of rotatable bonds is 2. The van der Waals surface area contributed by atoms with Crippen molar-refractivity contribution in [1.82, 2.24) is 9.88 Å². The average molecular weight is 403 g/mol. The van der Waals surface area contributed by atoms with Crippen molar-refractivity contribution in [3.63, 3.8) is 0 Å². The van der Waals surface area contributed by atoms with Crippen molar-refractivity contribution in [1.29, 1.82) is 0 Å². The highest BCUT2D eigenvalue weighted by Gasteiger charge is 2.36. The van der Waals surface area contributed by atoms with Crippen molar-refractivity contribution in [2.24, 2.45) is 7.05 Å². The Balaban J connectivity index is 1.58. The topological polar surface area (TPSA) is 51.1 Å². The summed E-state index contributed by atoms with van der Waals surface area (Å²) in [5, 5.41) is 6.48. The summed E-state index contributed by atoms with van der Waals surface area (Å²) >= 11 is 0. The van der Waals surface area contributed by atoms with E-state index in [1.807, 2.05) is 48.5 Å². The van der Waals surface area contributed by atoms with Gasteiger partial charge in [-0.25, -0.2) is 8.42 Å². The second-order valence-electron chi connectivity index (χ2n) is 8.28. The quantitative estimate of drug-likeness (QED) is 0.537. The van der Waals surface area contributed by atoms with Gasteiger partial charge in [-0.1, -0.05) is 36.4 Å². The summed E-state index contributed by atoms with van der Waals surface area (Å²) in [7, 11) is -1.52. The summed E-state index contributed by atoms with van der Waals surface area (Å²) < 4.78 is 29.5. The average Bonchev–Trinajstić information content (AvgIpc) is 3.26. The molecule has 0 saturated carbocycles.